The van der Waals surface area contributed by atoms with Gasteiger partial charge >= 0.3 is 65.1 Å². The number of primary amides is 2. The van der Waals surface area contributed by atoms with Crippen molar-refractivity contribution >= 4 is 25.3 Å². The summed E-state index contributed by atoms with van der Waals surface area (Å²) in [7, 11) is -8.59. The van der Waals surface area contributed by atoms with Gasteiger partial charge in [0.15, 0.2) is 9.15 Å². The summed E-state index contributed by atoms with van der Waals surface area (Å²) >= 11 is 0. The van der Waals surface area contributed by atoms with Gasteiger partial charge in [0.05, 0.1) is 10.1 Å². The smallest absolute Gasteiger partial charge is 0.761 e. The molecule has 0 saturated carbocycles. The van der Waals surface area contributed by atoms with Crippen molar-refractivity contribution in [1.82, 2.24) is 0 Å². The average molecular weight is 250 g/mol. The molecule has 0 aromatic rings. The van der Waals surface area contributed by atoms with Gasteiger partial charge in [0.1, 0.15) is 0 Å². The van der Waals surface area contributed by atoms with E-state index < -0.39 is 25.3 Å². The van der Waals surface area contributed by atoms with Crippen molar-refractivity contribution in [2.24, 2.45) is 11.5 Å². The topological polar surface area (TPSA) is 166 Å². The molecule has 0 bridgehead atoms. The maximum atomic E-state index is 9.16. The van der Waals surface area contributed by atoms with Gasteiger partial charge in [0, 0.05) is 0 Å². The minimum Gasteiger partial charge on any atom is -0.761 e. The zero-order valence-corrected chi connectivity index (χ0v) is 12.6. The predicted molar refractivity (Wildman–Crippen MR) is 32.4 cm³/mol. The van der Waals surface area contributed by atoms with Gasteiger partial charge in [-0.15, -0.1) is 0 Å². The van der Waals surface area contributed by atoms with Crippen molar-refractivity contribution in [3.05, 3.63) is 0 Å². The van der Waals surface area contributed by atoms with Crippen molar-refractivity contribution < 1.29 is 85.6 Å². The molecule has 8 nitrogen and oxygen atoms in total. The molecule has 0 rings (SSSR count). The van der Waals surface area contributed by atoms with E-state index in [4.69, 9.17) is 26.5 Å². The first kappa shape index (κ1) is 23.8. The van der Waals surface area contributed by atoms with Crippen molar-refractivity contribution in [2.75, 3.05) is 0 Å². The van der Waals surface area contributed by atoms with Crippen LogP contribution in [0.25, 0.3) is 0 Å². The van der Waals surface area contributed by atoms with E-state index in [1.807, 2.05) is 0 Å². The molecule has 0 fully saturated rings. The fourth-order valence-electron chi connectivity index (χ4n) is 0. The van der Waals surface area contributed by atoms with Crippen molar-refractivity contribution in [1.29, 1.82) is 0 Å². The van der Waals surface area contributed by atoms with Crippen LogP contribution in [0.4, 0.5) is 4.79 Å². The summed E-state index contributed by atoms with van der Waals surface area (Å²) in [5.41, 5.74) is 8.50. The van der Waals surface area contributed by atoms with E-state index in [9.17, 15) is 0 Å². The molecule has 0 saturated heterocycles. The van der Waals surface area contributed by atoms with Crippen LogP contribution in [0.15, 0.2) is 0 Å². The summed E-state index contributed by atoms with van der Waals surface area (Å²) < 4.78 is 45.7. The number of hydrogen-bond donors (Lipinski definition) is 2. The molecular formula is CH4N2Na2O6S2. The normalized spacial score (nSPS) is 10.6. The van der Waals surface area contributed by atoms with E-state index in [0.717, 1.165) is 0 Å². The molecule has 0 aliphatic carbocycles. The van der Waals surface area contributed by atoms with E-state index in [2.05, 4.69) is 11.5 Å². The van der Waals surface area contributed by atoms with E-state index in [-0.39, 0.29) is 59.1 Å². The molecule has 68 valence electrons. The van der Waals surface area contributed by atoms with Crippen LogP contribution < -0.4 is 70.6 Å². The summed E-state index contributed by atoms with van der Waals surface area (Å²) in [6.45, 7) is 0. The van der Waals surface area contributed by atoms with Crippen LogP contribution in [0.2, 0.25) is 0 Å². The maximum absolute atomic E-state index is 9.16. The number of amides is 2. The first-order valence-electron chi connectivity index (χ1n) is 1.78. The molecule has 0 heterocycles. The van der Waals surface area contributed by atoms with E-state index in [0.29, 0.717) is 0 Å². The van der Waals surface area contributed by atoms with Crippen LogP contribution in [-0.4, -0.2) is 27.8 Å². The van der Waals surface area contributed by atoms with Gasteiger partial charge < -0.3 is 20.6 Å². The van der Waals surface area contributed by atoms with Crippen LogP contribution in [0.3, 0.4) is 0 Å². The van der Waals surface area contributed by atoms with Gasteiger partial charge in [-0.1, -0.05) is 0 Å². The molecule has 1 unspecified atom stereocenters. The monoisotopic (exact) mass is 250 g/mol. The summed E-state index contributed by atoms with van der Waals surface area (Å²) in [4.78, 5) is 9.00. The Labute approximate surface area is 121 Å². The van der Waals surface area contributed by atoms with Crippen LogP contribution >= 0.6 is 0 Å². The second-order valence-electron chi connectivity index (χ2n) is 1.01. The maximum Gasteiger partial charge on any atom is 1.00 e. The number of urea groups is 1. The number of carbonyl (C=O) groups excluding carboxylic acids is 1. The molecule has 0 aromatic carbocycles. The zero-order valence-electron chi connectivity index (χ0n) is 6.92. The Balaban J connectivity index is -0.0000000600. The quantitative estimate of drug-likeness (QED) is 0.203. The molecule has 2 amide bonds. The van der Waals surface area contributed by atoms with Gasteiger partial charge in [-0.2, -0.15) is 0 Å². The Hall–Kier alpha value is 1.29. The summed E-state index contributed by atoms with van der Waals surface area (Å²) in [5, 5.41) is 0. The fraction of sp³-hybridized carbons (Fsp3) is 0. The molecule has 4 N–H and O–H groups in total. The summed E-state index contributed by atoms with van der Waals surface area (Å²) in [5.74, 6) is 0. The Kier molecular flexibility index (Phi) is 20.8. The van der Waals surface area contributed by atoms with Crippen molar-refractivity contribution in [3.63, 3.8) is 0 Å². The molecule has 0 spiro atoms. The molecule has 0 aliphatic rings. The van der Waals surface area contributed by atoms with Gasteiger partial charge in [0.2, 0.25) is 0 Å². The Morgan fingerprint density at radius 1 is 1.23 bits per heavy atom. The van der Waals surface area contributed by atoms with Crippen LogP contribution in [-0.2, 0) is 19.3 Å². The van der Waals surface area contributed by atoms with Crippen LogP contribution in [0.1, 0.15) is 0 Å². The molecular weight excluding hydrogens is 246 g/mol. The predicted octanol–water partition coefficient (Wildman–Crippen LogP) is -8.64. The van der Waals surface area contributed by atoms with E-state index in [1.54, 1.807) is 0 Å². The fourth-order valence-corrected chi connectivity index (χ4v) is 0. The molecule has 12 heteroatoms. The zero-order chi connectivity index (χ0) is 9.65. The molecule has 13 heavy (non-hydrogen) atoms. The van der Waals surface area contributed by atoms with Crippen molar-refractivity contribution in [2.45, 2.75) is 0 Å². The number of hydrogen-bond acceptors (Lipinski definition) is 6. The molecule has 0 aromatic heterocycles. The van der Waals surface area contributed by atoms with E-state index >= 15 is 0 Å². The second-order valence-corrected chi connectivity index (χ2v) is 4.28. The number of nitrogens with two attached hydrogens (primary N) is 2. The molecule has 0 aliphatic heterocycles. The molecule has 1 atom stereocenters. The average Bonchev–Trinajstić information content (AvgIpc) is 1.59. The van der Waals surface area contributed by atoms with Crippen LogP contribution in [0, 0.1) is 0 Å². The third kappa shape index (κ3) is 31.9. The number of rotatable bonds is 1. The van der Waals surface area contributed by atoms with Gasteiger partial charge in [-0.05, 0) is 0 Å². The SMILES string of the molecule is NC(N)=O.O=S([O-])S(=O)(=O)[O-].[Na+].[Na+]. The van der Waals surface area contributed by atoms with E-state index in [1.165, 1.54) is 0 Å². The summed E-state index contributed by atoms with van der Waals surface area (Å²) in [6, 6.07) is -0.833. The molecule has 0 radical (unpaired) electrons. The minimum absolute atomic E-state index is 0. The van der Waals surface area contributed by atoms with Gasteiger partial charge in [-0.3, -0.25) is 4.21 Å². The van der Waals surface area contributed by atoms with Crippen LogP contribution in [0.5, 0.6) is 0 Å². The van der Waals surface area contributed by atoms with Gasteiger partial charge in [0.25, 0.3) is 0 Å². The Morgan fingerprint density at radius 3 is 1.31 bits per heavy atom. The summed E-state index contributed by atoms with van der Waals surface area (Å²) in [6.07, 6.45) is 0. The Bertz CT molecular complexity index is 245. The standard InChI is InChI=1S/CH4N2O.2Na.H2O5S2/c2-1(3)4;;;1-6(2)7(3,4)5/h(H4,2,3,4);;;(H,1,2)(H,3,4,5)/q;2*+1;/p-2. The first-order chi connectivity index (χ1) is 4.68. The second kappa shape index (κ2) is 11.4. The van der Waals surface area contributed by atoms with Crippen molar-refractivity contribution in [3.8, 4) is 0 Å². The van der Waals surface area contributed by atoms with Gasteiger partial charge in [-0.25, -0.2) is 13.2 Å². The minimum atomic E-state index is -5.07. The third-order valence-electron chi connectivity index (χ3n) is 0.167. The largest absolute Gasteiger partial charge is 1.00 e. The third-order valence-corrected chi connectivity index (χ3v) is 1.50. The Morgan fingerprint density at radius 2 is 1.31 bits per heavy atom. The first-order valence-corrected chi connectivity index (χ1v) is 4.78. The number of carbonyl (C=O) groups is 1.